The highest BCUT2D eigenvalue weighted by molar-refractivity contribution is 5.83. The van der Waals surface area contributed by atoms with Crippen LogP contribution in [0.2, 0.25) is 0 Å². The largest absolute Gasteiger partial charge is 0.494 e. The van der Waals surface area contributed by atoms with E-state index >= 15 is 0 Å². The third-order valence-electron chi connectivity index (χ3n) is 2.89. The van der Waals surface area contributed by atoms with Crippen LogP contribution < -0.4 is 10.1 Å². The van der Waals surface area contributed by atoms with Gasteiger partial charge in [-0.25, -0.2) is 4.79 Å². The third kappa shape index (κ3) is 6.76. The minimum absolute atomic E-state index is 0.000932. The van der Waals surface area contributed by atoms with Crippen molar-refractivity contribution < 1.29 is 24.5 Å². The number of hydrogen-bond acceptors (Lipinski definition) is 4. The maximum absolute atomic E-state index is 11.6. The van der Waals surface area contributed by atoms with Crippen LogP contribution in [0.4, 0.5) is 0 Å². The molecule has 1 amide bonds. The normalized spacial score (nSPS) is 11.7. The molecule has 0 aliphatic heterocycles. The number of amides is 1. The summed E-state index contributed by atoms with van der Waals surface area (Å²) in [6.45, 7) is 2.08. The lowest BCUT2D eigenvalue weighted by Gasteiger charge is -2.13. The summed E-state index contributed by atoms with van der Waals surface area (Å²) in [5, 5.41) is 19.9. The first kappa shape index (κ1) is 17.0. The molecule has 0 saturated heterocycles. The van der Waals surface area contributed by atoms with Crippen LogP contribution in [0.15, 0.2) is 24.3 Å². The van der Waals surface area contributed by atoms with Gasteiger partial charge in [0.25, 0.3) is 0 Å². The summed E-state index contributed by atoms with van der Waals surface area (Å²) in [7, 11) is 0. The number of nitrogens with one attached hydrogen (secondary N) is 1. The molecule has 0 unspecified atom stereocenters. The lowest BCUT2D eigenvalue weighted by Crippen LogP contribution is -2.41. The lowest BCUT2D eigenvalue weighted by molar-refractivity contribution is -0.142. The average molecular weight is 295 g/mol. The van der Waals surface area contributed by atoms with Gasteiger partial charge < -0.3 is 20.3 Å². The van der Waals surface area contributed by atoms with Gasteiger partial charge in [-0.3, -0.25) is 4.79 Å². The van der Waals surface area contributed by atoms with E-state index in [4.69, 9.17) is 14.9 Å². The van der Waals surface area contributed by atoms with Gasteiger partial charge in [-0.05, 0) is 25.5 Å². The van der Waals surface area contributed by atoms with Crippen molar-refractivity contribution in [2.24, 2.45) is 0 Å². The van der Waals surface area contributed by atoms with Crippen LogP contribution in [0.5, 0.6) is 5.75 Å². The van der Waals surface area contributed by atoms with Crippen molar-refractivity contribution in [1.29, 1.82) is 0 Å². The van der Waals surface area contributed by atoms with Crippen LogP contribution in [-0.4, -0.2) is 41.3 Å². The fraction of sp³-hybridized carbons (Fsp3) is 0.467. The molecular formula is C15H21NO5. The van der Waals surface area contributed by atoms with E-state index in [1.807, 2.05) is 31.2 Å². The van der Waals surface area contributed by atoms with Crippen molar-refractivity contribution in [1.82, 2.24) is 5.32 Å². The van der Waals surface area contributed by atoms with E-state index < -0.39 is 12.0 Å². The smallest absolute Gasteiger partial charge is 0.326 e. The number of carbonyl (C=O) groups is 2. The number of aliphatic carboxylic acids is 1. The number of aliphatic hydroxyl groups excluding tert-OH is 1. The third-order valence-corrected chi connectivity index (χ3v) is 2.89. The number of hydrogen-bond donors (Lipinski definition) is 3. The molecule has 0 aliphatic carbocycles. The summed E-state index contributed by atoms with van der Waals surface area (Å²) < 4.78 is 5.48. The molecule has 0 radical (unpaired) electrons. The predicted molar refractivity (Wildman–Crippen MR) is 77.2 cm³/mol. The molecule has 3 N–H and O–H groups in total. The molecule has 116 valence electrons. The highest BCUT2D eigenvalue weighted by Gasteiger charge is 2.18. The molecule has 0 aliphatic rings. The zero-order chi connectivity index (χ0) is 15.7. The van der Waals surface area contributed by atoms with Crippen LogP contribution in [0.3, 0.4) is 0 Å². The fourth-order valence-corrected chi connectivity index (χ4v) is 1.71. The molecule has 0 saturated carbocycles. The summed E-state index contributed by atoms with van der Waals surface area (Å²) >= 11 is 0. The van der Waals surface area contributed by atoms with Gasteiger partial charge in [0.15, 0.2) is 0 Å². The minimum Gasteiger partial charge on any atom is -0.494 e. The summed E-state index contributed by atoms with van der Waals surface area (Å²) in [6, 6.07) is 6.55. The zero-order valence-electron chi connectivity index (χ0n) is 12.0. The van der Waals surface area contributed by atoms with E-state index in [9.17, 15) is 9.59 Å². The first-order valence-electron chi connectivity index (χ1n) is 6.85. The molecule has 1 aromatic carbocycles. The van der Waals surface area contributed by atoms with Crippen molar-refractivity contribution >= 4 is 11.9 Å². The van der Waals surface area contributed by atoms with E-state index in [1.54, 1.807) is 0 Å². The molecule has 0 bridgehead atoms. The Morgan fingerprint density at radius 1 is 1.29 bits per heavy atom. The molecule has 6 nitrogen and oxygen atoms in total. The van der Waals surface area contributed by atoms with Crippen LogP contribution in [0.1, 0.15) is 24.8 Å². The number of benzene rings is 1. The Labute approximate surface area is 123 Å². The van der Waals surface area contributed by atoms with E-state index in [2.05, 4.69) is 5.32 Å². The van der Waals surface area contributed by atoms with Crippen LogP contribution >= 0.6 is 0 Å². The van der Waals surface area contributed by atoms with Gasteiger partial charge in [0, 0.05) is 19.4 Å². The molecule has 0 spiro atoms. The molecule has 0 fully saturated rings. The Morgan fingerprint density at radius 2 is 1.95 bits per heavy atom. The fourth-order valence-electron chi connectivity index (χ4n) is 1.71. The molecule has 0 heterocycles. The Bertz CT molecular complexity index is 458. The summed E-state index contributed by atoms with van der Waals surface area (Å²) in [5.41, 5.74) is 1.14. The predicted octanol–water partition coefficient (Wildman–Crippen LogP) is 1.11. The quantitative estimate of drug-likeness (QED) is 0.593. The molecule has 6 heteroatoms. The van der Waals surface area contributed by atoms with E-state index in [0.717, 1.165) is 11.3 Å². The average Bonchev–Trinajstić information content (AvgIpc) is 2.45. The second-order valence-corrected chi connectivity index (χ2v) is 4.74. The molecule has 0 aromatic heterocycles. The molecule has 1 aromatic rings. The van der Waals surface area contributed by atoms with Crippen LogP contribution in [-0.2, 0) is 9.59 Å². The monoisotopic (exact) mass is 295 g/mol. The standard InChI is InChI=1S/C15H21NO5/c1-11-4-6-12(7-5-11)21-10-2-3-14(18)16-13(8-9-17)15(19)20/h4-7,13,17H,2-3,8-10H2,1H3,(H,16,18)(H,19,20)/t13-/m0/s1. The number of ether oxygens (including phenoxy) is 1. The molecule has 21 heavy (non-hydrogen) atoms. The van der Waals surface area contributed by atoms with E-state index in [1.165, 1.54) is 0 Å². The summed E-state index contributed by atoms with van der Waals surface area (Å²) in [6.07, 6.45) is 0.674. The molecule has 1 atom stereocenters. The summed E-state index contributed by atoms with van der Waals surface area (Å²) in [5.74, 6) is -0.763. The van der Waals surface area contributed by atoms with Crippen molar-refractivity contribution in [3.63, 3.8) is 0 Å². The van der Waals surface area contributed by atoms with E-state index in [-0.39, 0.29) is 25.4 Å². The van der Waals surface area contributed by atoms with Gasteiger partial charge in [-0.15, -0.1) is 0 Å². The topological polar surface area (TPSA) is 95.9 Å². The van der Waals surface area contributed by atoms with Gasteiger partial charge in [0.05, 0.1) is 6.61 Å². The van der Waals surface area contributed by atoms with Gasteiger partial charge in [-0.1, -0.05) is 17.7 Å². The first-order chi connectivity index (χ1) is 10.0. The minimum atomic E-state index is -1.15. The summed E-state index contributed by atoms with van der Waals surface area (Å²) in [4.78, 5) is 22.4. The SMILES string of the molecule is Cc1ccc(OCCCC(=O)N[C@@H](CCO)C(=O)O)cc1. The zero-order valence-corrected chi connectivity index (χ0v) is 12.0. The van der Waals surface area contributed by atoms with Crippen molar-refractivity contribution in [2.45, 2.75) is 32.2 Å². The van der Waals surface area contributed by atoms with Gasteiger partial charge in [0.1, 0.15) is 11.8 Å². The second-order valence-electron chi connectivity index (χ2n) is 4.74. The van der Waals surface area contributed by atoms with Crippen molar-refractivity contribution in [3.8, 4) is 5.75 Å². The highest BCUT2D eigenvalue weighted by Crippen LogP contribution is 2.11. The number of carbonyl (C=O) groups excluding carboxylic acids is 1. The Morgan fingerprint density at radius 3 is 2.52 bits per heavy atom. The second kappa shape index (κ2) is 8.97. The molecule has 1 rings (SSSR count). The highest BCUT2D eigenvalue weighted by atomic mass is 16.5. The van der Waals surface area contributed by atoms with Crippen LogP contribution in [0.25, 0.3) is 0 Å². The van der Waals surface area contributed by atoms with Crippen molar-refractivity contribution in [2.75, 3.05) is 13.2 Å². The van der Waals surface area contributed by atoms with Gasteiger partial charge in [-0.2, -0.15) is 0 Å². The Kier molecular flexibility index (Phi) is 7.25. The number of aliphatic hydroxyl groups is 1. The lowest BCUT2D eigenvalue weighted by atomic mass is 10.2. The number of rotatable bonds is 9. The van der Waals surface area contributed by atoms with Crippen molar-refractivity contribution in [3.05, 3.63) is 29.8 Å². The Hall–Kier alpha value is -2.08. The van der Waals surface area contributed by atoms with Crippen LogP contribution in [0, 0.1) is 6.92 Å². The maximum atomic E-state index is 11.6. The van der Waals surface area contributed by atoms with Gasteiger partial charge in [0.2, 0.25) is 5.91 Å². The van der Waals surface area contributed by atoms with E-state index in [0.29, 0.717) is 13.0 Å². The maximum Gasteiger partial charge on any atom is 0.326 e. The van der Waals surface area contributed by atoms with Gasteiger partial charge >= 0.3 is 5.97 Å². The first-order valence-corrected chi connectivity index (χ1v) is 6.85. The molecular weight excluding hydrogens is 274 g/mol. The Balaban J connectivity index is 2.23. The number of aryl methyl sites for hydroxylation is 1. The number of carboxylic acids is 1. The number of carboxylic acid groups (broad SMARTS) is 1.